The van der Waals surface area contributed by atoms with Crippen molar-refractivity contribution in [2.24, 2.45) is 0 Å². The molecule has 66 heavy (non-hydrogen) atoms. The van der Waals surface area contributed by atoms with Gasteiger partial charge in [0.25, 0.3) is 0 Å². The third kappa shape index (κ3) is 12.5. The number of rotatable bonds is 22. The smallest absolute Gasteiger partial charge is 0.250 e. The molecule has 2 aromatic heterocycles. The Morgan fingerprint density at radius 3 is 1.71 bits per heavy atom. The van der Waals surface area contributed by atoms with Crippen LogP contribution in [0.2, 0.25) is 0 Å². The van der Waals surface area contributed by atoms with Crippen molar-refractivity contribution in [3.63, 3.8) is 0 Å². The predicted octanol–water partition coefficient (Wildman–Crippen LogP) is 11.9. The molecule has 3 atom stereocenters. The number of benzene rings is 4. The van der Waals surface area contributed by atoms with E-state index in [1.54, 1.807) is 22.7 Å². The van der Waals surface area contributed by atoms with E-state index in [4.69, 9.17) is 9.97 Å². The molecule has 0 saturated carbocycles. The Labute approximate surface area is 397 Å². The zero-order chi connectivity index (χ0) is 46.3. The van der Waals surface area contributed by atoms with Gasteiger partial charge in [0.1, 0.15) is 22.1 Å². The van der Waals surface area contributed by atoms with Crippen LogP contribution in [0.15, 0.2) is 122 Å². The first-order valence-corrected chi connectivity index (χ1v) is 25.3. The highest BCUT2D eigenvalue weighted by atomic mass is 32.1. The van der Waals surface area contributed by atoms with Gasteiger partial charge >= 0.3 is 0 Å². The summed E-state index contributed by atoms with van der Waals surface area (Å²) in [6.45, 7) is 7.81. The molecule has 0 spiro atoms. The molecule has 0 bridgehead atoms. The first-order chi connectivity index (χ1) is 32.3. The van der Waals surface area contributed by atoms with Crippen molar-refractivity contribution in [1.29, 1.82) is 0 Å². The van der Waals surface area contributed by atoms with Gasteiger partial charge in [-0.15, -0.1) is 22.7 Å². The Balaban J connectivity index is 0.988. The van der Waals surface area contributed by atoms with Gasteiger partial charge in [-0.1, -0.05) is 156 Å². The fraction of sp³-hybridized carbons (Fsp3) is 0.370. The van der Waals surface area contributed by atoms with Crippen LogP contribution in [-0.2, 0) is 25.7 Å². The van der Waals surface area contributed by atoms with Crippen LogP contribution in [0.3, 0.4) is 0 Å². The Bertz CT molecular complexity index is 2490. The van der Waals surface area contributed by atoms with Crippen molar-refractivity contribution < 1.29 is 19.2 Å². The van der Waals surface area contributed by atoms with Crippen LogP contribution >= 0.6 is 22.7 Å². The van der Waals surface area contributed by atoms with Crippen LogP contribution in [0, 0.1) is 0 Å². The topological polar surface area (TPSA) is 125 Å². The van der Waals surface area contributed by atoms with Crippen LogP contribution in [0.5, 0.6) is 0 Å². The second-order valence-electron chi connectivity index (χ2n) is 17.0. The average Bonchev–Trinajstić information content (AvgIpc) is 4.15. The highest BCUT2D eigenvalue weighted by molar-refractivity contribution is 7.15. The van der Waals surface area contributed by atoms with Crippen molar-refractivity contribution in [2.45, 2.75) is 116 Å². The van der Waals surface area contributed by atoms with Crippen molar-refractivity contribution in [2.75, 3.05) is 13.1 Å². The number of hydrogen-bond acceptors (Lipinski definition) is 8. The van der Waals surface area contributed by atoms with Gasteiger partial charge in [0.05, 0.1) is 22.3 Å². The van der Waals surface area contributed by atoms with Gasteiger partial charge < -0.3 is 20.4 Å². The van der Waals surface area contributed by atoms with E-state index in [1.165, 1.54) is 0 Å². The molecule has 6 aromatic rings. The molecule has 1 aliphatic rings. The lowest BCUT2D eigenvalue weighted by molar-refractivity contribution is -0.137. The van der Waals surface area contributed by atoms with Crippen molar-refractivity contribution in [1.82, 2.24) is 30.4 Å². The fourth-order valence-electron chi connectivity index (χ4n) is 8.49. The van der Waals surface area contributed by atoms with Crippen LogP contribution < -0.4 is 10.6 Å². The van der Waals surface area contributed by atoms with Gasteiger partial charge in [-0.2, -0.15) is 0 Å². The second-order valence-corrected chi connectivity index (χ2v) is 19.2. The second kappa shape index (κ2) is 24.0. The van der Waals surface area contributed by atoms with E-state index in [0.29, 0.717) is 32.5 Å². The SMILES string of the molecule is CCCCCC(=O)NC(C(=O)N(CCC)Cc1ncc(-c2ccc(-c3ccc(-c4cnc(C5CCCN5C(=O)C(NC(=O)CCCCC)c5ccccc5)s4)cc3)cc2)s1)c1ccccc1. The summed E-state index contributed by atoms with van der Waals surface area (Å²) in [6.07, 6.45) is 12.7. The number of hydrogen-bond donors (Lipinski definition) is 2. The minimum atomic E-state index is -0.756. The quantitative estimate of drug-likeness (QED) is 0.0654. The highest BCUT2D eigenvalue weighted by Gasteiger charge is 2.37. The monoisotopic (exact) mass is 922 g/mol. The molecule has 4 amide bonds. The number of amides is 4. The Morgan fingerprint density at radius 2 is 1.15 bits per heavy atom. The summed E-state index contributed by atoms with van der Waals surface area (Å²) in [5, 5.41) is 7.85. The Kier molecular flexibility index (Phi) is 17.4. The van der Waals surface area contributed by atoms with Gasteiger partial charge in [-0.05, 0) is 65.5 Å². The molecule has 12 heteroatoms. The number of thiazole rings is 2. The number of carbonyl (C=O) groups excluding carboxylic acids is 4. The van der Waals surface area contributed by atoms with Crippen molar-refractivity contribution in [3.05, 3.63) is 143 Å². The predicted molar refractivity (Wildman–Crippen MR) is 266 cm³/mol. The van der Waals surface area contributed by atoms with E-state index >= 15 is 0 Å². The van der Waals surface area contributed by atoms with E-state index in [-0.39, 0.29) is 29.7 Å². The summed E-state index contributed by atoms with van der Waals surface area (Å²) in [5.74, 6) is -0.420. The third-order valence-corrected chi connectivity index (χ3v) is 14.3. The number of unbranched alkanes of at least 4 members (excludes halogenated alkanes) is 4. The summed E-state index contributed by atoms with van der Waals surface area (Å²) >= 11 is 3.20. The molecule has 10 nitrogen and oxygen atoms in total. The minimum Gasteiger partial charge on any atom is -0.341 e. The van der Waals surface area contributed by atoms with Crippen LogP contribution in [0.1, 0.15) is 131 Å². The lowest BCUT2D eigenvalue weighted by atomic mass is 10.0. The molecular formula is C54H62N6O4S2. The van der Waals surface area contributed by atoms with Crippen LogP contribution in [0.25, 0.3) is 32.0 Å². The summed E-state index contributed by atoms with van der Waals surface area (Å²) < 4.78 is 0. The van der Waals surface area contributed by atoms with Crippen LogP contribution in [-0.4, -0.2) is 56.5 Å². The maximum Gasteiger partial charge on any atom is 0.250 e. The Morgan fingerprint density at radius 1 is 0.636 bits per heavy atom. The van der Waals surface area contributed by atoms with Crippen LogP contribution in [0.4, 0.5) is 0 Å². The van der Waals surface area contributed by atoms with Crippen molar-refractivity contribution >= 4 is 46.3 Å². The molecule has 7 rings (SSSR count). The zero-order valence-corrected chi connectivity index (χ0v) is 40.0. The molecule has 1 saturated heterocycles. The number of carbonyl (C=O) groups is 4. The maximum atomic E-state index is 14.2. The normalized spacial score (nSPS) is 14.4. The molecule has 4 aromatic carbocycles. The third-order valence-electron chi connectivity index (χ3n) is 12.1. The van der Waals surface area contributed by atoms with Gasteiger partial charge in [0.2, 0.25) is 23.6 Å². The number of nitrogens with zero attached hydrogens (tertiary/aromatic N) is 4. The first kappa shape index (κ1) is 48.0. The molecule has 3 unspecified atom stereocenters. The van der Waals surface area contributed by atoms with E-state index in [0.717, 1.165) is 111 Å². The summed E-state index contributed by atoms with van der Waals surface area (Å²) in [6, 6.07) is 34.4. The molecule has 2 N–H and O–H groups in total. The molecule has 3 heterocycles. The summed E-state index contributed by atoms with van der Waals surface area (Å²) in [5.41, 5.74) is 5.86. The van der Waals surface area contributed by atoms with E-state index in [2.05, 4.69) is 79.9 Å². The zero-order valence-electron chi connectivity index (χ0n) is 38.4. The number of aromatic nitrogens is 2. The molecule has 344 valence electrons. The molecular weight excluding hydrogens is 861 g/mol. The average molecular weight is 923 g/mol. The summed E-state index contributed by atoms with van der Waals surface area (Å²) in [7, 11) is 0. The molecule has 1 fully saturated rings. The molecule has 1 aliphatic heterocycles. The maximum absolute atomic E-state index is 14.2. The number of nitrogens with one attached hydrogen (secondary N) is 2. The lowest BCUT2D eigenvalue weighted by Crippen LogP contribution is -2.43. The van der Waals surface area contributed by atoms with Gasteiger partial charge in [0, 0.05) is 38.3 Å². The molecule has 0 aliphatic carbocycles. The molecule has 0 radical (unpaired) electrons. The number of likely N-dealkylation sites (tertiary alicyclic amines) is 1. The Hall–Kier alpha value is -5.98. The van der Waals surface area contributed by atoms with Gasteiger partial charge in [-0.3, -0.25) is 19.2 Å². The minimum absolute atomic E-state index is 0.0886. The van der Waals surface area contributed by atoms with E-state index in [9.17, 15) is 19.2 Å². The van der Waals surface area contributed by atoms with Crippen molar-refractivity contribution in [3.8, 4) is 32.0 Å². The van der Waals surface area contributed by atoms with Gasteiger partial charge in [0.15, 0.2) is 0 Å². The fourth-order valence-corrected chi connectivity index (χ4v) is 10.5. The standard InChI is InChI=1S/C54H62N6O4S2/c1-4-7-11-23-47(61)57-50(42-18-13-9-14-19-42)53(63)59(33-6-3)37-49-55-35-45(65-49)40-29-25-38(26-30-40)39-27-31-41(32-28-39)46-36-56-52(66-46)44-22-17-34-60(44)54(64)51(43-20-15-10-16-21-43)58-48(62)24-12-8-5-2/h9-10,13-16,18-21,25-32,35-36,44,50-51H,4-8,11-12,17,22-24,33-34,37H2,1-3H3,(H,57,61)(H,58,62). The lowest BCUT2D eigenvalue weighted by Gasteiger charge is -2.28. The first-order valence-electron chi connectivity index (χ1n) is 23.7. The van der Waals surface area contributed by atoms with E-state index in [1.807, 2.05) is 82.9 Å². The van der Waals surface area contributed by atoms with Gasteiger partial charge in [-0.25, -0.2) is 9.97 Å². The van der Waals surface area contributed by atoms with E-state index < -0.39 is 12.1 Å². The largest absolute Gasteiger partial charge is 0.341 e. The highest BCUT2D eigenvalue weighted by Crippen LogP contribution is 2.39. The summed E-state index contributed by atoms with van der Waals surface area (Å²) in [4.78, 5) is 69.6.